The highest BCUT2D eigenvalue weighted by molar-refractivity contribution is 6.08. The Labute approximate surface area is 160 Å². The highest BCUT2D eigenvalue weighted by Gasteiger charge is 2.23. The highest BCUT2D eigenvalue weighted by atomic mass is 28.1. The number of hydrogen-bond donors (Lipinski definition) is 0. The van der Waals surface area contributed by atoms with E-state index < -0.39 is 23.4 Å². The van der Waals surface area contributed by atoms with Crippen molar-refractivity contribution in [1.29, 1.82) is 0 Å². The van der Waals surface area contributed by atoms with E-state index in [0.717, 1.165) is 49.4 Å². The molecule has 0 N–H and O–H groups in total. The lowest BCUT2D eigenvalue weighted by atomic mass is 9.79. The van der Waals surface area contributed by atoms with E-state index in [0.29, 0.717) is 5.92 Å². The summed E-state index contributed by atoms with van der Waals surface area (Å²) in [7, 11) is 3.55. The molecule has 3 rings (SSSR count). The Morgan fingerprint density at radius 3 is 2.22 bits per heavy atom. The van der Waals surface area contributed by atoms with Crippen molar-refractivity contribution in [3.8, 4) is 5.75 Å². The van der Waals surface area contributed by atoms with Gasteiger partial charge in [-0.1, -0.05) is 25.0 Å². The van der Waals surface area contributed by atoms with E-state index in [-0.39, 0.29) is 22.8 Å². The number of benzene rings is 2. The molecule has 1 aliphatic rings. The van der Waals surface area contributed by atoms with Gasteiger partial charge in [-0.15, -0.1) is 0 Å². The molecule has 0 unspecified atom stereocenters. The molecule has 0 aliphatic heterocycles. The van der Waals surface area contributed by atoms with Crippen molar-refractivity contribution in [2.45, 2.75) is 44.6 Å². The summed E-state index contributed by atoms with van der Waals surface area (Å²) >= 11 is 0. The molecule has 2 aromatic rings. The molecule has 0 amide bonds. The van der Waals surface area contributed by atoms with Gasteiger partial charge < -0.3 is 4.74 Å². The van der Waals surface area contributed by atoms with E-state index in [4.69, 9.17) is 4.74 Å². The van der Waals surface area contributed by atoms with Gasteiger partial charge in [0.25, 0.3) is 0 Å². The molecule has 3 radical (unpaired) electrons. The van der Waals surface area contributed by atoms with Crippen LogP contribution in [0.1, 0.15) is 53.1 Å². The average Bonchev–Trinajstić information content (AvgIpc) is 2.66. The summed E-state index contributed by atoms with van der Waals surface area (Å²) in [5, 5.41) is 0. The molecule has 1 fully saturated rings. The van der Waals surface area contributed by atoms with Gasteiger partial charge in [0, 0.05) is 27.9 Å². The van der Waals surface area contributed by atoms with Gasteiger partial charge in [-0.25, -0.2) is 18.0 Å². The molecule has 0 aromatic heterocycles. The predicted molar refractivity (Wildman–Crippen MR) is 97.7 cm³/mol. The van der Waals surface area contributed by atoms with Crippen LogP contribution in [0.25, 0.3) is 0 Å². The van der Waals surface area contributed by atoms with E-state index >= 15 is 0 Å². The topological polar surface area (TPSA) is 26.3 Å². The molecule has 0 heterocycles. The zero-order valence-electron chi connectivity index (χ0n) is 15.0. The molecule has 1 aliphatic carbocycles. The molecule has 0 spiro atoms. The van der Waals surface area contributed by atoms with Crippen molar-refractivity contribution < 1.29 is 22.7 Å². The predicted octanol–water partition coefficient (Wildman–Crippen LogP) is 5.49. The van der Waals surface area contributed by atoms with Crippen molar-refractivity contribution >= 4 is 16.2 Å². The van der Waals surface area contributed by atoms with Crippen molar-refractivity contribution in [2.75, 3.05) is 0 Å². The minimum atomic E-state index is -0.982. The Morgan fingerprint density at radius 2 is 1.67 bits per heavy atom. The van der Waals surface area contributed by atoms with Crippen LogP contribution < -0.4 is 4.74 Å². The molecule has 141 valence electrons. The van der Waals surface area contributed by atoms with E-state index in [1.807, 2.05) is 0 Å². The summed E-state index contributed by atoms with van der Waals surface area (Å²) < 4.78 is 46.6. The zero-order valence-corrected chi connectivity index (χ0v) is 16.0. The third kappa shape index (κ3) is 4.43. The fourth-order valence-corrected chi connectivity index (χ4v) is 3.90. The van der Waals surface area contributed by atoms with Gasteiger partial charge in [0.2, 0.25) is 0 Å². The third-order valence-corrected chi connectivity index (χ3v) is 5.86. The minimum absolute atomic E-state index is 0.167. The van der Waals surface area contributed by atoms with Crippen molar-refractivity contribution in [3.63, 3.8) is 0 Å². The zero-order chi connectivity index (χ0) is 19.6. The van der Waals surface area contributed by atoms with Gasteiger partial charge >= 0.3 is 5.97 Å². The second-order valence-corrected chi connectivity index (χ2v) is 7.47. The lowest BCUT2D eigenvalue weighted by Crippen LogP contribution is -2.15. The minimum Gasteiger partial charge on any atom is -0.423 e. The summed E-state index contributed by atoms with van der Waals surface area (Å²) in [5.41, 5.74) is 0.442. The molecule has 0 bridgehead atoms. The van der Waals surface area contributed by atoms with Crippen LogP contribution in [0.4, 0.5) is 13.2 Å². The molecule has 2 nitrogen and oxygen atoms in total. The summed E-state index contributed by atoms with van der Waals surface area (Å²) in [6.07, 6.45) is 4.15. The Hall–Kier alpha value is -2.08. The normalized spacial score (nSPS) is 19.7. The summed E-state index contributed by atoms with van der Waals surface area (Å²) in [4.78, 5) is 12.2. The number of rotatable bonds is 4. The van der Waals surface area contributed by atoms with Crippen LogP contribution in [0, 0.1) is 30.3 Å². The summed E-state index contributed by atoms with van der Waals surface area (Å²) in [6.45, 7) is 1.28. The molecule has 0 saturated heterocycles. The van der Waals surface area contributed by atoms with Crippen LogP contribution in [0.2, 0.25) is 6.04 Å². The van der Waals surface area contributed by atoms with Crippen molar-refractivity contribution in [1.82, 2.24) is 0 Å². The number of esters is 1. The van der Waals surface area contributed by atoms with E-state index in [1.54, 1.807) is 6.07 Å². The number of carbonyl (C=O) groups is 1. The van der Waals surface area contributed by atoms with Crippen LogP contribution in [-0.4, -0.2) is 16.2 Å². The smallest absolute Gasteiger partial charge is 0.346 e. The summed E-state index contributed by atoms with van der Waals surface area (Å²) in [5.74, 6) is -2.68. The molecule has 0 atom stereocenters. The lowest BCUT2D eigenvalue weighted by Gasteiger charge is -2.28. The Kier molecular flexibility index (Phi) is 6.04. The van der Waals surface area contributed by atoms with Gasteiger partial charge in [0.05, 0.1) is 5.56 Å². The highest BCUT2D eigenvalue weighted by Crippen LogP contribution is 2.37. The Bertz CT molecular complexity index is 822. The van der Waals surface area contributed by atoms with E-state index in [1.165, 1.54) is 19.1 Å². The Balaban J connectivity index is 1.73. The van der Waals surface area contributed by atoms with Gasteiger partial charge in [0.15, 0.2) is 0 Å². The SMILES string of the molecule is Cc1c(F)cc(OC(=O)c2ccc(C3CCC(C[Si])CC3)cc2F)cc1F. The fraction of sp³-hybridized carbons (Fsp3) is 0.381. The van der Waals surface area contributed by atoms with Gasteiger partial charge in [-0.3, -0.25) is 0 Å². The first kappa shape index (κ1) is 19.7. The van der Waals surface area contributed by atoms with Crippen LogP contribution in [-0.2, 0) is 0 Å². The number of hydrogen-bond acceptors (Lipinski definition) is 2. The maximum absolute atomic E-state index is 14.5. The number of carbonyl (C=O) groups excluding carboxylic acids is 1. The maximum Gasteiger partial charge on any atom is 0.346 e. The summed E-state index contributed by atoms with van der Waals surface area (Å²) in [6, 6.07) is 7.27. The second-order valence-electron chi connectivity index (χ2n) is 7.06. The lowest BCUT2D eigenvalue weighted by molar-refractivity contribution is 0.0729. The van der Waals surface area contributed by atoms with Gasteiger partial charge in [-0.05, 0) is 49.3 Å². The number of ether oxygens (including phenoxy) is 1. The fourth-order valence-electron chi connectivity index (χ4n) is 3.49. The first-order chi connectivity index (χ1) is 12.9. The molecule has 1 saturated carbocycles. The van der Waals surface area contributed by atoms with E-state index in [9.17, 15) is 18.0 Å². The molecular weight excluding hydrogens is 369 g/mol. The average molecular weight is 389 g/mol. The van der Waals surface area contributed by atoms with Crippen molar-refractivity contribution in [3.05, 3.63) is 64.5 Å². The van der Waals surface area contributed by atoms with Crippen LogP contribution in [0.3, 0.4) is 0 Å². The van der Waals surface area contributed by atoms with Crippen LogP contribution in [0.5, 0.6) is 5.75 Å². The van der Waals surface area contributed by atoms with E-state index in [2.05, 4.69) is 10.2 Å². The van der Waals surface area contributed by atoms with Crippen LogP contribution in [0.15, 0.2) is 30.3 Å². The van der Waals surface area contributed by atoms with Gasteiger partial charge in [0.1, 0.15) is 23.2 Å². The maximum atomic E-state index is 14.5. The first-order valence-electron chi connectivity index (χ1n) is 9.01. The Morgan fingerprint density at radius 1 is 1.04 bits per heavy atom. The molecular formula is C21H20F3O2Si. The largest absolute Gasteiger partial charge is 0.423 e. The standard InChI is InChI=1S/C21H20F3O2Si/c1-12-18(22)9-16(10-19(12)23)26-21(25)17-7-6-15(8-20(17)24)14-4-2-13(11-27)3-5-14/h6-10,13-14H,2-5,11H2,1H3. The third-order valence-electron chi connectivity index (χ3n) is 5.28. The first-order valence-corrected chi connectivity index (χ1v) is 9.71. The van der Waals surface area contributed by atoms with Gasteiger partial charge in [-0.2, -0.15) is 0 Å². The second kappa shape index (κ2) is 8.29. The molecule has 6 heteroatoms. The van der Waals surface area contributed by atoms with Crippen LogP contribution >= 0.6 is 0 Å². The van der Waals surface area contributed by atoms with Crippen molar-refractivity contribution in [2.24, 2.45) is 5.92 Å². The molecule has 2 aromatic carbocycles. The quantitative estimate of drug-likeness (QED) is 0.393. The number of halogens is 3. The molecule has 27 heavy (non-hydrogen) atoms. The monoisotopic (exact) mass is 389 g/mol.